The standard InChI is InChI=1S/C16H13F6N/c17-13-6-5-9(7-11(13)15(18)19)23-8-12(16(20,21)22)10-3-1-2-4-14(10)23/h5-8,15H,1-4H2. The Balaban J connectivity index is 2.17. The second-order valence-electron chi connectivity index (χ2n) is 5.55. The Morgan fingerprint density at radius 1 is 1.04 bits per heavy atom. The molecule has 1 heterocycles. The van der Waals surface area contributed by atoms with Gasteiger partial charge in [-0.05, 0) is 49.4 Å². The number of rotatable bonds is 2. The van der Waals surface area contributed by atoms with E-state index in [4.69, 9.17) is 0 Å². The number of hydrogen-bond acceptors (Lipinski definition) is 0. The maximum atomic E-state index is 13.4. The number of benzene rings is 1. The number of halogens is 6. The molecule has 0 saturated carbocycles. The van der Waals surface area contributed by atoms with Gasteiger partial charge >= 0.3 is 6.18 Å². The lowest BCUT2D eigenvalue weighted by Gasteiger charge is -2.17. The van der Waals surface area contributed by atoms with Crippen LogP contribution in [0.4, 0.5) is 26.3 Å². The molecular weight excluding hydrogens is 320 g/mol. The average Bonchev–Trinajstić information content (AvgIpc) is 2.87. The van der Waals surface area contributed by atoms with Crippen molar-refractivity contribution in [1.82, 2.24) is 4.57 Å². The van der Waals surface area contributed by atoms with Gasteiger partial charge in [0.15, 0.2) is 0 Å². The summed E-state index contributed by atoms with van der Waals surface area (Å²) in [4.78, 5) is 0. The number of aromatic nitrogens is 1. The van der Waals surface area contributed by atoms with Crippen LogP contribution >= 0.6 is 0 Å². The van der Waals surface area contributed by atoms with Gasteiger partial charge in [0.2, 0.25) is 0 Å². The SMILES string of the molecule is Fc1ccc(-n2cc(C(F)(F)F)c3c2CCCC3)cc1C(F)F. The van der Waals surface area contributed by atoms with E-state index in [1.54, 1.807) is 0 Å². The highest BCUT2D eigenvalue weighted by Gasteiger charge is 2.37. The molecule has 3 rings (SSSR count). The first-order chi connectivity index (χ1) is 10.8. The summed E-state index contributed by atoms with van der Waals surface area (Å²) < 4.78 is 79.9. The minimum atomic E-state index is -4.50. The van der Waals surface area contributed by atoms with Gasteiger partial charge in [-0.2, -0.15) is 13.2 Å². The maximum absolute atomic E-state index is 13.4. The fourth-order valence-electron chi connectivity index (χ4n) is 3.05. The molecule has 7 heteroatoms. The molecule has 0 aliphatic heterocycles. The van der Waals surface area contributed by atoms with Crippen molar-refractivity contribution < 1.29 is 26.3 Å². The topological polar surface area (TPSA) is 4.93 Å². The van der Waals surface area contributed by atoms with Crippen LogP contribution in [-0.2, 0) is 19.0 Å². The van der Waals surface area contributed by atoms with Crippen LogP contribution in [0.3, 0.4) is 0 Å². The first-order valence-electron chi connectivity index (χ1n) is 7.17. The number of hydrogen-bond donors (Lipinski definition) is 0. The quantitative estimate of drug-likeness (QED) is 0.644. The molecular formula is C16H13F6N. The molecule has 1 nitrogen and oxygen atoms in total. The van der Waals surface area contributed by atoms with Crippen molar-refractivity contribution in [2.75, 3.05) is 0 Å². The molecule has 0 radical (unpaired) electrons. The Labute approximate surface area is 128 Å². The van der Waals surface area contributed by atoms with Crippen LogP contribution in [0, 0.1) is 5.82 Å². The summed E-state index contributed by atoms with van der Waals surface area (Å²) >= 11 is 0. The number of alkyl halides is 5. The van der Waals surface area contributed by atoms with Crippen molar-refractivity contribution in [2.24, 2.45) is 0 Å². The van der Waals surface area contributed by atoms with E-state index in [1.807, 2.05) is 0 Å². The van der Waals surface area contributed by atoms with E-state index in [1.165, 1.54) is 10.6 Å². The van der Waals surface area contributed by atoms with Crippen LogP contribution < -0.4 is 0 Å². The van der Waals surface area contributed by atoms with Crippen molar-refractivity contribution in [2.45, 2.75) is 38.3 Å². The van der Waals surface area contributed by atoms with Gasteiger partial charge in [0.1, 0.15) is 5.82 Å². The summed E-state index contributed by atoms with van der Waals surface area (Å²) in [5.74, 6) is -1.07. The van der Waals surface area contributed by atoms with Crippen LogP contribution in [0.25, 0.3) is 5.69 Å². The maximum Gasteiger partial charge on any atom is 0.418 e. The molecule has 0 saturated heterocycles. The van der Waals surface area contributed by atoms with Gasteiger partial charge in [-0.25, -0.2) is 13.2 Å². The highest BCUT2D eigenvalue weighted by atomic mass is 19.4. The zero-order valence-corrected chi connectivity index (χ0v) is 11.9. The normalized spacial score (nSPS) is 15.1. The molecule has 1 aromatic heterocycles. The second-order valence-corrected chi connectivity index (χ2v) is 5.55. The van der Waals surface area contributed by atoms with E-state index < -0.39 is 29.5 Å². The summed E-state index contributed by atoms with van der Waals surface area (Å²) in [6, 6.07) is 2.99. The Morgan fingerprint density at radius 3 is 2.39 bits per heavy atom. The minimum absolute atomic E-state index is 0.121. The lowest BCUT2D eigenvalue weighted by atomic mass is 9.95. The summed E-state index contributed by atoms with van der Waals surface area (Å²) in [5.41, 5.74) is -0.748. The van der Waals surface area contributed by atoms with Crippen molar-refractivity contribution in [3.05, 3.63) is 52.6 Å². The van der Waals surface area contributed by atoms with Gasteiger partial charge in [0, 0.05) is 17.6 Å². The van der Waals surface area contributed by atoms with Crippen molar-refractivity contribution in [3.8, 4) is 5.69 Å². The molecule has 0 unspecified atom stereocenters. The molecule has 2 aromatic rings. The lowest BCUT2D eigenvalue weighted by Crippen LogP contribution is -2.10. The van der Waals surface area contributed by atoms with Crippen LogP contribution in [0.15, 0.2) is 24.4 Å². The van der Waals surface area contributed by atoms with E-state index in [2.05, 4.69) is 0 Å². The molecule has 1 aliphatic rings. The predicted octanol–water partition coefficient (Wildman–Crippen LogP) is 5.45. The molecule has 124 valence electrons. The zero-order valence-electron chi connectivity index (χ0n) is 11.9. The van der Waals surface area contributed by atoms with Gasteiger partial charge in [-0.1, -0.05) is 0 Å². The smallest absolute Gasteiger partial charge is 0.320 e. The van der Waals surface area contributed by atoms with Crippen molar-refractivity contribution in [1.29, 1.82) is 0 Å². The third-order valence-electron chi connectivity index (χ3n) is 4.11. The Morgan fingerprint density at radius 2 is 1.74 bits per heavy atom. The van der Waals surface area contributed by atoms with Crippen LogP contribution in [0.2, 0.25) is 0 Å². The van der Waals surface area contributed by atoms with Gasteiger partial charge < -0.3 is 4.57 Å². The first kappa shape index (κ1) is 16.0. The summed E-state index contributed by atoms with van der Waals surface area (Å²) in [7, 11) is 0. The highest BCUT2D eigenvalue weighted by molar-refractivity contribution is 5.46. The van der Waals surface area contributed by atoms with E-state index in [0.717, 1.165) is 24.8 Å². The van der Waals surface area contributed by atoms with E-state index in [-0.39, 0.29) is 11.3 Å². The molecule has 0 spiro atoms. The summed E-state index contributed by atoms with van der Waals surface area (Å²) in [5, 5.41) is 0. The van der Waals surface area contributed by atoms with E-state index in [9.17, 15) is 26.3 Å². The van der Waals surface area contributed by atoms with Gasteiger partial charge in [-0.15, -0.1) is 0 Å². The van der Waals surface area contributed by atoms with E-state index >= 15 is 0 Å². The molecule has 0 bridgehead atoms. The minimum Gasteiger partial charge on any atom is -0.320 e. The second kappa shape index (κ2) is 5.62. The Bertz CT molecular complexity index is 729. The third kappa shape index (κ3) is 2.84. The van der Waals surface area contributed by atoms with Crippen LogP contribution in [0.5, 0.6) is 0 Å². The third-order valence-corrected chi connectivity index (χ3v) is 4.11. The molecule has 0 atom stereocenters. The molecule has 23 heavy (non-hydrogen) atoms. The highest BCUT2D eigenvalue weighted by Crippen LogP contribution is 2.39. The Hall–Kier alpha value is -1.92. The van der Waals surface area contributed by atoms with Crippen LogP contribution in [0.1, 0.15) is 41.7 Å². The van der Waals surface area contributed by atoms with Crippen molar-refractivity contribution >= 4 is 0 Å². The zero-order chi connectivity index (χ0) is 16.8. The lowest BCUT2D eigenvalue weighted by molar-refractivity contribution is -0.138. The van der Waals surface area contributed by atoms with Gasteiger partial charge in [0.05, 0.1) is 11.1 Å². The largest absolute Gasteiger partial charge is 0.418 e. The van der Waals surface area contributed by atoms with Crippen LogP contribution in [-0.4, -0.2) is 4.57 Å². The fourth-order valence-corrected chi connectivity index (χ4v) is 3.05. The number of fused-ring (bicyclic) bond motifs is 1. The molecule has 0 fully saturated rings. The van der Waals surface area contributed by atoms with E-state index in [0.29, 0.717) is 25.0 Å². The van der Waals surface area contributed by atoms with Gasteiger partial charge in [0.25, 0.3) is 6.43 Å². The molecule has 1 aromatic carbocycles. The molecule has 0 amide bonds. The van der Waals surface area contributed by atoms with Crippen molar-refractivity contribution in [3.63, 3.8) is 0 Å². The average molecular weight is 333 g/mol. The first-order valence-corrected chi connectivity index (χ1v) is 7.17. The Kier molecular flexibility index (Phi) is 3.90. The monoisotopic (exact) mass is 333 g/mol. The summed E-state index contributed by atoms with van der Waals surface area (Å²) in [6.07, 6.45) is -4.46. The summed E-state index contributed by atoms with van der Waals surface area (Å²) in [6.45, 7) is 0. The van der Waals surface area contributed by atoms with Gasteiger partial charge in [-0.3, -0.25) is 0 Å². The molecule has 1 aliphatic carbocycles. The number of nitrogens with zero attached hydrogens (tertiary/aromatic N) is 1. The fraction of sp³-hybridized carbons (Fsp3) is 0.375. The predicted molar refractivity (Wildman–Crippen MR) is 72.3 cm³/mol. The molecule has 0 N–H and O–H groups in total.